The molecule has 0 aliphatic carbocycles. The number of amides is 2. The van der Waals surface area contributed by atoms with E-state index in [0.29, 0.717) is 26.3 Å². The summed E-state index contributed by atoms with van der Waals surface area (Å²) in [6.07, 6.45) is 1.65. The van der Waals surface area contributed by atoms with Gasteiger partial charge in [0.05, 0.1) is 37.8 Å². The van der Waals surface area contributed by atoms with Gasteiger partial charge < -0.3 is 19.4 Å². The Hall–Kier alpha value is -3.39. The zero-order chi connectivity index (χ0) is 22.5. The topological polar surface area (TPSA) is 89.6 Å². The highest BCUT2D eigenvalue weighted by Gasteiger charge is 2.32. The lowest BCUT2D eigenvalue weighted by atomic mass is 10.0. The van der Waals surface area contributed by atoms with E-state index >= 15 is 0 Å². The standard InChI is InChI=1S/C24H28N4O4/c1-17-23(18(2)28(26-17)15-19-7-4-3-5-8-19)20-16-31-14-12-27(20)22(29)10-11-25-24(30)21-9-6-13-32-21/h3-9,13,20H,10-12,14-16H2,1-2H3,(H,25,30). The van der Waals surface area contributed by atoms with Crippen molar-refractivity contribution < 1.29 is 18.7 Å². The largest absolute Gasteiger partial charge is 0.459 e. The van der Waals surface area contributed by atoms with Crippen LogP contribution in [0.5, 0.6) is 0 Å². The lowest BCUT2D eigenvalue weighted by Crippen LogP contribution is -2.44. The zero-order valence-electron chi connectivity index (χ0n) is 18.4. The van der Waals surface area contributed by atoms with Gasteiger partial charge in [-0.3, -0.25) is 14.3 Å². The van der Waals surface area contributed by atoms with Gasteiger partial charge >= 0.3 is 0 Å². The van der Waals surface area contributed by atoms with E-state index < -0.39 is 0 Å². The van der Waals surface area contributed by atoms with E-state index in [9.17, 15) is 9.59 Å². The Morgan fingerprint density at radius 1 is 1.16 bits per heavy atom. The molecule has 1 aromatic carbocycles. The van der Waals surface area contributed by atoms with Gasteiger partial charge in [0.2, 0.25) is 5.91 Å². The highest BCUT2D eigenvalue weighted by molar-refractivity contribution is 5.91. The minimum atomic E-state index is -0.324. The Morgan fingerprint density at radius 2 is 1.97 bits per heavy atom. The molecule has 2 amide bonds. The van der Waals surface area contributed by atoms with Crippen molar-refractivity contribution in [3.63, 3.8) is 0 Å². The summed E-state index contributed by atoms with van der Waals surface area (Å²) >= 11 is 0. The summed E-state index contributed by atoms with van der Waals surface area (Å²) in [4.78, 5) is 26.9. The van der Waals surface area contributed by atoms with Gasteiger partial charge in [-0.2, -0.15) is 5.10 Å². The van der Waals surface area contributed by atoms with E-state index in [1.54, 1.807) is 12.1 Å². The molecular weight excluding hydrogens is 408 g/mol. The molecule has 0 radical (unpaired) electrons. The van der Waals surface area contributed by atoms with Crippen molar-refractivity contribution in [2.75, 3.05) is 26.3 Å². The third kappa shape index (κ3) is 4.75. The molecule has 8 heteroatoms. The first kappa shape index (κ1) is 21.8. The van der Waals surface area contributed by atoms with Crippen molar-refractivity contribution in [2.45, 2.75) is 32.9 Å². The molecule has 0 spiro atoms. The third-order valence-corrected chi connectivity index (χ3v) is 5.76. The number of nitrogens with zero attached hydrogens (tertiary/aromatic N) is 3. The van der Waals surface area contributed by atoms with Gasteiger partial charge in [0, 0.05) is 30.8 Å². The molecule has 1 saturated heterocycles. The Balaban J connectivity index is 1.45. The summed E-state index contributed by atoms with van der Waals surface area (Å²) in [6.45, 7) is 6.38. The molecule has 1 aliphatic heterocycles. The third-order valence-electron chi connectivity index (χ3n) is 5.76. The summed E-state index contributed by atoms with van der Waals surface area (Å²) in [5.74, 6) is -0.110. The molecule has 1 aliphatic rings. The van der Waals surface area contributed by atoms with Crippen molar-refractivity contribution in [1.82, 2.24) is 20.0 Å². The van der Waals surface area contributed by atoms with Crippen LogP contribution < -0.4 is 5.32 Å². The number of hydrogen-bond donors (Lipinski definition) is 1. The fourth-order valence-corrected chi connectivity index (χ4v) is 4.17. The van der Waals surface area contributed by atoms with E-state index in [-0.39, 0.29) is 36.6 Å². The van der Waals surface area contributed by atoms with Gasteiger partial charge in [0.1, 0.15) is 0 Å². The van der Waals surface area contributed by atoms with Gasteiger partial charge in [-0.05, 0) is 31.5 Å². The molecule has 1 atom stereocenters. The molecular formula is C24H28N4O4. The first-order valence-electron chi connectivity index (χ1n) is 10.8. The number of aromatic nitrogens is 2. The number of morpholine rings is 1. The van der Waals surface area contributed by atoms with Gasteiger partial charge in [-0.15, -0.1) is 0 Å². The van der Waals surface area contributed by atoms with E-state index in [4.69, 9.17) is 14.3 Å². The molecule has 0 bridgehead atoms. The van der Waals surface area contributed by atoms with Crippen molar-refractivity contribution in [2.24, 2.45) is 0 Å². The maximum Gasteiger partial charge on any atom is 0.286 e. The van der Waals surface area contributed by atoms with Crippen LogP contribution in [0, 0.1) is 13.8 Å². The molecule has 1 N–H and O–H groups in total. The molecule has 0 saturated carbocycles. The highest BCUT2D eigenvalue weighted by Crippen LogP contribution is 2.30. The molecule has 4 rings (SSSR count). The fraction of sp³-hybridized carbons (Fsp3) is 0.375. The van der Waals surface area contributed by atoms with Crippen LogP contribution in [-0.2, 0) is 16.1 Å². The Kier molecular flexibility index (Phi) is 6.70. The number of nitrogens with one attached hydrogen (secondary N) is 1. The van der Waals surface area contributed by atoms with Crippen molar-refractivity contribution in [3.05, 3.63) is 77.0 Å². The van der Waals surface area contributed by atoms with Crippen LogP contribution in [0.25, 0.3) is 0 Å². The summed E-state index contributed by atoms with van der Waals surface area (Å²) in [5.41, 5.74) is 4.14. The average Bonchev–Trinajstić information content (AvgIpc) is 3.43. The van der Waals surface area contributed by atoms with Crippen LogP contribution in [0.2, 0.25) is 0 Å². The second kappa shape index (κ2) is 9.82. The lowest BCUT2D eigenvalue weighted by molar-refractivity contribution is -0.140. The number of furan rings is 1. The average molecular weight is 437 g/mol. The molecule has 3 aromatic rings. The second-order valence-electron chi connectivity index (χ2n) is 7.89. The molecule has 1 fully saturated rings. The van der Waals surface area contributed by atoms with Crippen LogP contribution >= 0.6 is 0 Å². The van der Waals surface area contributed by atoms with Crippen LogP contribution in [-0.4, -0.2) is 52.8 Å². The SMILES string of the molecule is Cc1nn(Cc2ccccc2)c(C)c1C1COCCN1C(=O)CCNC(=O)c1ccco1. The second-order valence-corrected chi connectivity index (χ2v) is 7.89. The summed E-state index contributed by atoms with van der Waals surface area (Å²) in [5, 5.41) is 7.48. The first-order chi connectivity index (χ1) is 15.5. The molecule has 8 nitrogen and oxygen atoms in total. The molecule has 2 aromatic heterocycles. The molecule has 32 heavy (non-hydrogen) atoms. The van der Waals surface area contributed by atoms with E-state index in [1.165, 1.54) is 11.8 Å². The number of ether oxygens (including phenoxy) is 1. The zero-order valence-corrected chi connectivity index (χ0v) is 18.4. The van der Waals surface area contributed by atoms with Crippen molar-refractivity contribution in [3.8, 4) is 0 Å². The number of aryl methyl sites for hydroxylation is 1. The summed E-state index contributed by atoms with van der Waals surface area (Å²) in [7, 11) is 0. The maximum absolute atomic E-state index is 13.0. The van der Waals surface area contributed by atoms with Crippen LogP contribution in [0.3, 0.4) is 0 Å². The normalized spacial score (nSPS) is 16.2. The first-order valence-corrected chi connectivity index (χ1v) is 10.8. The number of rotatable bonds is 7. The summed E-state index contributed by atoms with van der Waals surface area (Å²) < 4.78 is 12.8. The fourth-order valence-electron chi connectivity index (χ4n) is 4.17. The lowest BCUT2D eigenvalue weighted by Gasteiger charge is -2.36. The number of hydrogen-bond acceptors (Lipinski definition) is 5. The van der Waals surface area contributed by atoms with Crippen LogP contribution in [0.4, 0.5) is 0 Å². The minimum absolute atomic E-state index is 0.0207. The van der Waals surface area contributed by atoms with Crippen molar-refractivity contribution in [1.29, 1.82) is 0 Å². The van der Waals surface area contributed by atoms with Crippen LogP contribution in [0.1, 0.15) is 45.5 Å². The van der Waals surface area contributed by atoms with Gasteiger partial charge in [0.15, 0.2) is 5.76 Å². The molecule has 3 heterocycles. The van der Waals surface area contributed by atoms with E-state index in [2.05, 4.69) is 17.4 Å². The smallest absolute Gasteiger partial charge is 0.286 e. The number of carbonyl (C=O) groups is 2. The quantitative estimate of drug-likeness (QED) is 0.615. The van der Waals surface area contributed by atoms with E-state index in [0.717, 1.165) is 17.0 Å². The maximum atomic E-state index is 13.0. The molecule has 1 unspecified atom stereocenters. The highest BCUT2D eigenvalue weighted by atomic mass is 16.5. The van der Waals surface area contributed by atoms with Crippen LogP contribution in [0.15, 0.2) is 53.1 Å². The van der Waals surface area contributed by atoms with Crippen molar-refractivity contribution >= 4 is 11.8 Å². The van der Waals surface area contributed by atoms with E-state index in [1.807, 2.05) is 41.6 Å². The number of benzene rings is 1. The van der Waals surface area contributed by atoms with Gasteiger partial charge in [0.25, 0.3) is 5.91 Å². The Morgan fingerprint density at radius 3 is 2.72 bits per heavy atom. The summed E-state index contributed by atoms with van der Waals surface area (Å²) in [6, 6.07) is 13.2. The Labute approximate surface area is 187 Å². The monoisotopic (exact) mass is 436 g/mol. The Bertz CT molecular complexity index is 1060. The predicted octanol–water partition coefficient (Wildman–Crippen LogP) is 2.86. The van der Waals surface area contributed by atoms with Gasteiger partial charge in [-0.25, -0.2) is 0 Å². The molecule has 168 valence electrons. The van der Waals surface area contributed by atoms with Gasteiger partial charge in [-0.1, -0.05) is 30.3 Å². The minimum Gasteiger partial charge on any atom is -0.459 e. The number of carbonyl (C=O) groups excluding carboxylic acids is 2. The predicted molar refractivity (Wildman–Crippen MR) is 118 cm³/mol.